The minimum absolute atomic E-state index is 0.0373. The van der Waals surface area contributed by atoms with Gasteiger partial charge in [0, 0.05) is 12.2 Å². The lowest BCUT2D eigenvalue weighted by atomic mass is 10.1. The van der Waals surface area contributed by atoms with Gasteiger partial charge in [-0.2, -0.15) is 0 Å². The van der Waals surface area contributed by atoms with E-state index in [-0.39, 0.29) is 23.2 Å². The highest BCUT2D eigenvalue weighted by atomic mass is 35.5. The van der Waals surface area contributed by atoms with Crippen LogP contribution in [0.25, 0.3) is 0 Å². The van der Waals surface area contributed by atoms with Crippen LogP contribution in [0, 0.1) is 5.92 Å². The van der Waals surface area contributed by atoms with Crippen LogP contribution in [0.3, 0.4) is 0 Å². The number of carbonyl (C=O) groups excluding carboxylic acids is 1. The van der Waals surface area contributed by atoms with E-state index >= 15 is 0 Å². The summed E-state index contributed by atoms with van der Waals surface area (Å²) in [6.45, 7) is 0. The summed E-state index contributed by atoms with van der Waals surface area (Å²) in [5, 5.41) is 2.77. The van der Waals surface area contributed by atoms with Gasteiger partial charge in [0.25, 0.3) is 0 Å². The second-order valence-corrected chi connectivity index (χ2v) is 3.93. The van der Waals surface area contributed by atoms with E-state index in [1.165, 1.54) is 6.20 Å². The summed E-state index contributed by atoms with van der Waals surface area (Å²) in [4.78, 5) is 19.3. The average Bonchev–Trinajstić information content (AvgIpc) is 2.65. The molecule has 2 rings (SSSR count). The van der Waals surface area contributed by atoms with Crippen molar-refractivity contribution in [1.29, 1.82) is 0 Å². The fourth-order valence-corrected chi connectivity index (χ4v) is 1.69. The first-order chi connectivity index (χ1) is 7.65. The Bertz CT molecular complexity index is 435. The molecule has 0 bridgehead atoms. The Morgan fingerprint density at radius 2 is 2.38 bits per heavy atom. The molecule has 0 aliphatic heterocycles. The van der Waals surface area contributed by atoms with Gasteiger partial charge in [-0.15, -0.1) is 0 Å². The van der Waals surface area contributed by atoms with Crippen LogP contribution >= 0.6 is 11.6 Å². The number of hydrogen-bond donors (Lipinski definition) is 2. The molecule has 16 heavy (non-hydrogen) atoms. The molecule has 0 spiro atoms. The van der Waals surface area contributed by atoms with Crippen LogP contribution in [-0.2, 0) is 4.79 Å². The van der Waals surface area contributed by atoms with Gasteiger partial charge in [-0.05, 0) is 24.1 Å². The van der Waals surface area contributed by atoms with Crippen molar-refractivity contribution in [2.24, 2.45) is 11.7 Å². The molecule has 0 fully saturated rings. The zero-order chi connectivity index (χ0) is 11.5. The van der Waals surface area contributed by atoms with E-state index in [4.69, 9.17) is 17.3 Å². The van der Waals surface area contributed by atoms with Crippen LogP contribution in [0.5, 0.6) is 0 Å². The Kier molecular flexibility index (Phi) is 3.17. The molecule has 1 aromatic rings. The Labute approximate surface area is 97.7 Å². The van der Waals surface area contributed by atoms with Gasteiger partial charge in [0.05, 0.1) is 5.92 Å². The van der Waals surface area contributed by atoms with Gasteiger partial charge < -0.3 is 11.1 Å². The summed E-state index contributed by atoms with van der Waals surface area (Å²) in [6.07, 6.45) is 5.76. The van der Waals surface area contributed by atoms with Gasteiger partial charge in [0.1, 0.15) is 5.82 Å². The predicted octanol–water partition coefficient (Wildman–Crippen LogP) is 0.972. The number of anilines is 1. The second kappa shape index (κ2) is 4.59. The smallest absolute Gasteiger partial charge is 0.232 e. The zero-order valence-electron chi connectivity index (χ0n) is 8.43. The molecular weight excluding hydrogens is 228 g/mol. The van der Waals surface area contributed by atoms with Gasteiger partial charge in [-0.3, -0.25) is 4.79 Å². The van der Waals surface area contributed by atoms with E-state index in [1.807, 2.05) is 12.2 Å². The summed E-state index contributed by atoms with van der Waals surface area (Å²) in [7, 11) is 0. The molecule has 2 unspecified atom stereocenters. The largest absolute Gasteiger partial charge is 0.324 e. The molecule has 0 saturated heterocycles. The number of aromatic nitrogens is 2. The van der Waals surface area contributed by atoms with Crippen molar-refractivity contribution in [3.05, 3.63) is 29.7 Å². The standard InChI is InChI=1S/C10H11ClN4O/c11-10-13-4-3-8(15-10)14-9(16)6-1-2-7(12)5-6/h1-4,6-7H,5,12H2,(H,13,14,15,16). The third-order valence-corrected chi connectivity index (χ3v) is 2.51. The number of amides is 1. The minimum atomic E-state index is -0.191. The summed E-state index contributed by atoms with van der Waals surface area (Å²) in [5.41, 5.74) is 5.67. The Morgan fingerprint density at radius 1 is 1.56 bits per heavy atom. The van der Waals surface area contributed by atoms with E-state index in [1.54, 1.807) is 6.07 Å². The topological polar surface area (TPSA) is 80.9 Å². The maximum atomic E-state index is 11.8. The molecule has 2 atom stereocenters. The van der Waals surface area contributed by atoms with E-state index in [2.05, 4.69) is 15.3 Å². The predicted molar refractivity (Wildman–Crippen MR) is 60.9 cm³/mol. The van der Waals surface area contributed by atoms with Crippen LogP contribution in [0.2, 0.25) is 5.28 Å². The molecule has 1 aromatic heterocycles. The third-order valence-electron chi connectivity index (χ3n) is 2.33. The molecule has 84 valence electrons. The SMILES string of the molecule is NC1C=CC(C(=O)Nc2ccnc(Cl)n2)C1. The fourth-order valence-electron chi connectivity index (χ4n) is 1.55. The molecular formula is C10H11ClN4O. The van der Waals surface area contributed by atoms with Crippen molar-refractivity contribution in [2.45, 2.75) is 12.5 Å². The highest BCUT2D eigenvalue weighted by Gasteiger charge is 2.22. The van der Waals surface area contributed by atoms with Crippen LogP contribution < -0.4 is 11.1 Å². The molecule has 6 heteroatoms. The number of carbonyl (C=O) groups is 1. The molecule has 0 radical (unpaired) electrons. The lowest BCUT2D eigenvalue weighted by molar-refractivity contribution is -0.118. The molecule has 1 aliphatic rings. The number of rotatable bonds is 2. The fraction of sp³-hybridized carbons (Fsp3) is 0.300. The maximum Gasteiger partial charge on any atom is 0.232 e. The molecule has 1 amide bonds. The molecule has 1 heterocycles. The lowest BCUT2D eigenvalue weighted by Crippen LogP contribution is -2.24. The summed E-state index contributed by atoms with van der Waals surface area (Å²) in [5.74, 6) is 0.0848. The Hall–Kier alpha value is -1.46. The number of hydrogen-bond acceptors (Lipinski definition) is 4. The van der Waals surface area contributed by atoms with Gasteiger partial charge in [0.2, 0.25) is 11.2 Å². The van der Waals surface area contributed by atoms with Gasteiger partial charge in [0.15, 0.2) is 0 Å². The highest BCUT2D eigenvalue weighted by Crippen LogP contribution is 2.18. The average molecular weight is 239 g/mol. The highest BCUT2D eigenvalue weighted by molar-refractivity contribution is 6.28. The van der Waals surface area contributed by atoms with Crippen molar-refractivity contribution in [3.63, 3.8) is 0 Å². The van der Waals surface area contributed by atoms with E-state index in [9.17, 15) is 4.79 Å². The van der Waals surface area contributed by atoms with Gasteiger partial charge in [-0.1, -0.05) is 12.2 Å². The maximum absolute atomic E-state index is 11.8. The summed E-state index contributed by atoms with van der Waals surface area (Å²) in [6, 6.07) is 1.55. The van der Waals surface area contributed by atoms with E-state index in [0.29, 0.717) is 12.2 Å². The number of nitrogens with one attached hydrogen (secondary N) is 1. The minimum Gasteiger partial charge on any atom is -0.324 e. The van der Waals surface area contributed by atoms with Crippen molar-refractivity contribution in [3.8, 4) is 0 Å². The molecule has 3 N–H and O–H groups in total. The number of nitrogens with zero attached hydrogens (tertiary/aromatic N) is 2. The Balaban J connectivity index is 2.00. The first-order valence-electron chi connectivity index (χ1n) is 4.88. The third kappa shape index (κ3) is 2.56. The van der Waals surface area contributed by atoms with Crippen molar-refractivity contribution in [2.75, 3.05) is 5.32 Å². The number of halogens is 1. The first kappa shape index (κ1) is 11.0. The summed E-state index contributed by atoms with van der Waals surface area (Å²) >= 11 is 5.60. The van der Waals surface area contributed by atoms with E-state index in [0.717, 1.165) is 0 Å². The molecule has 5 nitrogen and oxygen atoms in total. The van der Waals surface area contributed by atoms with E-state index < -0.39 is 0 Å². The lowest BCUT2D eigenvalue weighted by Gasteiger charge is -2.09. The van der Waals surface area contributed by atoms with Crippen molar-refractivity contribution in [1.82, 2.24) is 9.97 Å². The van der Waals surface area contributed by atoms with Crippen LogP contribution in [-0.4, -0.2) is 21.9 Å². The van der Waals surface area contributed by atoms with Crippen LogP contribution in [0.1, 0.15) is 6.42 Å². The van der Waals surface area contributed by atoms with Crippen molar-refractivity contribution >= 4 is 23.3 Å². The normalized spacial score (nSPS) is 23.4. The van der Waals surface area contributed by atoms with Gasteiger partial charge >= 0.3 is 0 Å². The quantitative estimate of drug-likeness (QED) is 0.594. The monoisotopic (exact) mass is 238 g/mol. The second-order valence-electron chi connectivity index (χ2n) is 3.59. The number of nitrogens with two attached hydrogens (primary N) is 1. The van der Waals surface area contributed by atoms with Crippen molar-refractivity contribution < 1.29 is 4.79 Å². The zero-order valence-corrected chi connectivity index (χ0v) is 9.19. The van der Waals surface area contributed by atoms with Crippen LogP contribution in [0.4, 0.5) is 5.82 Å². The van der Waals surface area contributed by atoms with Gasteiger partial charge in [-0.25, -0.2) is 9.97 Å². The first-order valence-corrected chi connectivity index (χ1v) is 5.26. The summed E-state index contributed by atoms with van der Waals surface area (Å²) < 4.78 is 0. The molecule has 0 saturated carbocycles. The molecule has 0 aromatic carbocycles. The Morgan fingerprint density at radius 3 is 3.00 bits per heavy atom. The van der Waals surface area contributed by atoms with Crippen LogP contribution in [0.15, 0.2) is 24.4 Å². The molecule has 1 aliphatic carbocycles.